The molecule has 1 atom stereocenters. The largest absolute Gasteiger partial charge is 0.427 e. The predicted molar refractivity (Wildman–Crippen MR) is 87.2 cm³/mol. The van der Waals surface area contributed by atoms with E-state index in [1.54, 1.807) is 13.0 Å². The summed E-state index contributed by atoms with van der Waals surface area (Å²) in [6.07, 6.45) is 1.17. The molecule has 1 amide bonds. The first kappa shape index (κ1) is 18.9. The second-order valence-corrected chi connectivity index (χ2v) is 6.47. The van der Waals surface area contributed by atoms with Gasteiger partial charge in [0.2, 0.25) is 0 Å². The molecule has 1 aliphatic carbocycles. The van der Waals surface area contributed by atoms with Gasteiger partial charge in [0.15, 0.2) is 0 Å². The fourth-order valence-corrected chi connectivity index (χ4v) is 3.22. The summed E-state index contributed by atoms with van der Waals surface area (Å²) >= 11 is 0. The summed E-state index contributed by atoms with van der Waals surface area (Å²) in [5.74, 6) is -2.65. The number of nitrogens with one attached hydrogen (secondary N) is 2. The second-order valence-electron chi connectivity index (χ2n) is 6.47. The van der Waals surface area contributed by atoms with Gasteiger partial charge in [-0.1, -0.05) is 0 Å². The van der Waals surface area contributed by atoms with Gasteiger partial charge in [0, 0.05) is 31.3 Å². The zero-order chi connectivity index (χ0) is 16.6. The smallest absolute Gasteiger partial charge is 0.349 e. The van der Waals surface area contributed by atoms with Crippen LogP contribution in [0.15, 0.2) is 15.3 Å². The fourth-order valence-electron chi connectivity index (χ4n) is 3.22. The molecule has 1 saturated carbocycles. The van der Waals surface area contributed by atoms with Crippen LogP contribution in [0.2, 0.25) is 0 Å². The van der Waals surface area contributed by atoms with E-state index in [1.165, 1.54) is 0 Å². The van der Waals surface area contributed by atoms with Gasteiger partial charge in [0.1, 0.15) is 11.3 Å². The zero-order valence-corrected chi connectivity index (χ0v) is 14.2. The third-order valence-corrected chi connectivity index (χ3v) is 4.52. The Labute approximate surface area is 144 Å². The Hall–Kier alpha value is -1.47. The van der Waals surface area contributed by atoms with Crippen LogP contribution < -0.4 is 16.3 Å². The molecular formula is C16H21ClF2N2O3. The van der Waals surface area contributed by atoms with Crippen LogP contribution in [0.1, 0.15) is 53.3 Å². The lowest BCUT2D eigenvalue weighted by atomic mass is 9.88. The Balaban J connectivity index is 0.00000208. The Morgan fingerprint density at radius 2 is 2.12 bits per heavy atom. The number of aryl methyl sites for hydroxylation is 1. The number of hydrogen-bond acceptors (Lipinski definition) is 4. The Kier molecular flexibility index (Phi) is 5.65. The minimum Gasteiger partial charge on any atom is -0.427 e. The van der Waals surface area contributed by atoms with Crippen LogP contribution in [-0.4, -0.2) is 31.0 Å². The van der Waals surface area contributed by atoms with Gasteiger partial charge in [0.05, 0.1) is 0 Å². The number of halogens is 3. The number of piperidine rings is 1. The number of hydrogen-bond donors (Lipinski definition) is 2. The lowest BCUT2D eigenvalue weighted by molar-refractivity contribution is -0.0901. The summed E-state index contributed by atoms with van der Waals surface area (Å²) in [5, 5.41) is 5.72. The van der Waals surface area contributed by atoms with E-state index in [0.717, 1.165) is 25.9 Å². The van der Waals surface area contributed by atoms with Crippen molar-refractivity contribution in [3.63, 3.8) is 0 Å². The highest BCUT2D eigenvalue weighted by Crippen LogP contribution is 2.37. The number of carbonyl (C=O) groups is 1. The molecule has 1 aromatic heterocycles. The maximum Gasteiger partial charge on any atom is 0.349 e. The summed E-state index contributed by atoms with van der Waals surface area (Å²) in [6, 6.07) is 1.13. The molecule has 134 valence electrons. The standard InChI is InChI=1S/C16H20F2N2O3.ClH/c1-9-5-12(10-3-2-4-19-8-10)23-15(22)13(9)14(21)20-11-6-16(17,18)7-11;/h5,10-11,19H,2-4,6-8H2,1H3,(H,20,21);1H. The summed E-state index contributed by atoms with van der Waals surface area (Å²) in [4.78, 5) is 24.3. The summed E-state index contributed by atoms with van der Waals surface area (Å²) < 4.78 is 31.0. The average molecular weight is 363 g/mol. The molecule has 24 heavy (non-hydrogen) atoms. The van der Waals surface area contributed by atoms with Crippen LogP contribution in [0, 0.1) is 6.92 Å². The molecule has 2 N–H and O–H groups in total. The highest BCUT2D eigenvalue weighted by molar-refractivity contribution is 5.95. The molecule has 0 aromatic carbocycles. The molecule has 1 saturated heterocycles. The lowest BCUT2D eigenvalue weighted by Crippen LogP contribution is -2.51. The number of rotatable bonds is 3. The van der Waals surface area contributed by atoms with Crippen molar-refractivity contribution in [1.29, 1.82) is 0 Å². The van der Waals surface area contributed by atoms with E-state index in [4.69, 9.17) is 4.42 Å². The zero-order valence-electron chi connectivity index (χ0n) is 13.4. The van der Waals surface area contributed by atoms with Crippen LogP contribution in [-0.2, 0) is 0 Å². The molecule has 1 aromatic rings. The second kappa shape index (κ2) is 7.19. The molecule has 8 heteroatoms. The molecular weight excluding hydrogens is 342 g/mol. The topological polar surface area (TPSA) is 71.3 Å². The van der Waals surface area contributed by atoms with E-state index in [1.807, 2.05) is 0 Å². The van der Waals surface area contributed by atoms with Crippen LogP contribution in [0.4, 0.5) is 8.78 Å². The normalized spacial score (nSPS) is 23.0. The van der Waals surface area contributed by atoms with Crippen LogP contribution in [0.3, 0.4) is 0 Å². The molecule has 2 heterocycles. The van der Waals surface area contributed by atoms with Crippen molar-refractivity contribution < 1.29 is 18.0 Å². The number of amides is 1. The van der Waals surface area contributed by atoms with Gasteiger partial charge in [-0.05, 0) is 37.9 Å². The van der Waals surface area contributed by atoms with Crippen molar-refractivity contribution in [2.45, 2.75) is 50.5 Å². The lowest BCUT2D eigenvalue weighted by Gasteiger charge is -2.35. The van der Waals surface area contributed by atoms with E-state index in [9.17, 15) is 18.4 Å². The van der Waals surface area contributed by atoms with Crippen LogP contribution in [0.25, 0.3) is 0 Å². The minimum absolute atomic E-state index is 0. The van der Waals surface area contributed by atoms with E-state index in [-0.39, 0.29) is 36.7 Å². The van der Waals surface area contributed by atoms with Crippen molar-refractivity contribution in [3.05, 3.63) is 33.4 Å². The summed E-state index contributed by atoms with van der Waals surface area (Å²) in [5.41, 5.74) is -0.271. The maximum absolute atomic E-state index is 12.8. The van der Waals surface area contributed by atoms with E-state index >= 15 is 0 Å². The third-order valence-electron chi connectivity index (χ3n) is 4.52. The molecule has 5 nitrogen and oxygen atoms in total. The Morgan fingerprint density at radius 3 is 2.67 bits per heavy atom. The summed E-state index contributed by atoms with van der Waals surface area (Å²) in [6.45, 7) is 3.36. The molecule has 3 rings (SSSR count). The van der Waals surface area contributed by atoms with Gasteiger partial charge in [-0.25, -0.2) is 13.6 Å². The van der Waals surface area contributed by atoms with Gasteiger partial charge in [-0.3, -0.25) is 4.79 Å². The highest BCUT2D eigenvalue weighted by atomic mass is 35.5. The Bertz CT molecular complexity index is 664. The molecule has 0 bridgehead atoms. The summed E-state index contributed by atoms with van der Waals surface area (Å²) in [7, 11) is 0. The van der Waals surface area contributed by atoms with Gasteiger partial charge < -0.3 is 15.1 Å². The van der Waals surface area contributed by atoms with Crippen molar-refractivity contribution >= 4 is 18.3 Å². The molecule has 1 aliphatic heterocycles. The SMILES string of the molecule is Cc1cc(C2CCCNC2)oc(=O)c1C(=O)NC1CC(F)(F)C1.Cl. The third kappa shape index (κ3) is 3.95. The maximum atomic E-state index is 12.8. The van der Waals surface area contributed by atoms with Crippen LogP contribution in [0.5, 0.6) is 0 Å². The quantitative estimate of drug-likeness (QED) is 0.866. The molecule has 2 fully saturated rings. The first-order chi connectivity index (χ1) is 10.9. The van der Waals surface area contributed by atoms with Crippen LogP contribution >= 0.6 is 12.4 Å². The number of alkyl halides is 2. The molecule has 1 unspecified atom stereocenters. The first-order valence-electron chi connectivity index (χ1n) is 7.90. The van der Waals surface area contributed by atoms with E-state index in [0.29, 0.717) is 11.3 Å². The predicted octanol–water partition coefficient (Wildman–Crippen LogP) is 2.36. The highest BCUT2D eigenvalue weighted by Gasteiger charge is 2.46. The number of carbonyl (C=O) groups excluding carboxylic acids is 1. The van der Waals surface area contributed by atoms with Gasteiger partial charge in [-0.2, -0.15) is 0 Å². The molecule has 0 radical (unpaired) electrons. The van der Waals surface area contributed by atoms with Crippen molar-refractivity contribution in [2.24, 2.45) is 0 Å². The monoisotopic (exact) mass is 362 g/mol. The average Bonchev–Trinajstić information content (AvgIpc) is 2.45. The minimum atomic E-state index is -2.71. The Morgan fingerprint density at radius 1 is 1.42 bits per heavy atom. The van der Waals surface area contributed by atoms with Gasteiger partial charge in [0.25, 0.3) is 11.8 Å². The van der Waals surface area contributed by atoms with Crippen molar-refractivity contribution in [3.8, 4) is 0 Å². The van der Waals surface area contributed by atoms with Crippen molar-refractivity contribution in [2.75, 3.05) is 13.1 Å². The van der Waals surface area contributed by atoms with E-state index < -0.39 is 23.5 Å². The molecule has 0 spiro atoms. The van der Waals surface area contributed by atoms with E-state index in [2.05, 4.69) is 10.6 Å². The first-order valence-corrected chi connectivity index (χ1v) is 7.90. The fraction of sp³-hybridized carbons (Fsp3) is 0.625. The van der Waals surface area contributed by atoms with Gasteiger partial charge in [-0.15, -0.1) is 12.4 Å². The van der Waals surface area contributed by atoms with Gasteiger partial charge >= 0.3 is 5.63 Å². The van der Waals surface area contributed by atoms with Crippen molar-refractivity contribution in [1.82, 2.24) is 10.6 Å². The molecule has 2 aliphatic rings.